The minimum absolute atomic E-state index is 0.0711. The van der Waals surface area contributed by atoms with E-state index in [9.17, 15) is 35.6 Å². The van der Waals surface area contributed by atoms with Gasteiger partial charge in [-0.2, -0.15) is 13.2 Å². The van der Waals surface area contributed by atoms with E-state index in [2.05, 4.69) is 5.32 Å². The first-order valence-electron chi connectivity index (χ1n) is 14.1. The lowest BCUT2D eigenvalue weighted by molar-refractivity contribution is -0.140. The molecule has 7 nitrogen and oxygen atoms in total. The Hall–Kier alpha value is -3.64. The molecule has 1 N–H and O–H groups in total. The van der Waals surface area contributed by atoms with Crippen LogP contribution < -0.4 is 9.62 Å². The lowest BCUT2D eigenvalue weighted by Crippen LogP contribution is -2.53. The normalized spacial score (nSPS) is 14.7. The molecule has 0 saturated heterocycles. The van der Waals surface area contributed by atoms with Crippen LogP contribution in [-0.2, 0) is 32.3 Å². The molecule has 0 heterocycles. The summed E-state index contributed by atoms with van der Waals surface area (Å²) in [6, 6.07) is 13.2. The SMILES string of the molecule is CC[C@@H](C(=O)NC1CCCC1)N(Cc1ccc(F)cc1)C(=O)CN(c1cc(C(F)(F)F)ccc1Cl)S(=O)(=O)c1ccccc1. The first-order chi connectivity index (χ1) is 20.8. The van der Waals surface area contributed by atoms with Gasteiger partial charge in [-0.05, 0) is 67.3 Å². The highest BCUT2D eigenvalue weighted by Crippen LogP contribution is 2.37. The topological polar surface area (TPSA) is 86.8 Å². The number of carbonyl (C=O) groups excluding carboxylic acids is 2. The molecule has 44 heavy (non-hydrogen) atoms. The predicted octanol–water partition coefficient (Wildman–Crippen LogP) is 6.56. The van der Waals surface area contributed by atoms with Crippen LogP contribution in [0.2, 0.25) is 5.02 Å². The number of amides is 2. The fourth-order valence-corrected chi connectivity index (χ4v) is 6.90. The molecule has 0 bridgehead atoms. The summed E-state index contributed by atoms with van der Waals surface area (Å²) in [4.78, 5) is 28.5. The summed E-state index contributed by atoms with van der Waals surface area (Å²) in [7, 11) is -4.63. The molecule has 2 amide bonds. The minimum atomic E-state index is -4.83. The molecule has 0 unspecified atom stereocenters. The molecular formula is C31H32ClF4N3O4S. The second-order valence-corrected chi connectivity index (χ2v) is 12.8. The Morgan fingerprint density at radius 3 is 2.23 bits per heavy atom. The van der Waals surface area contributed by atoms with Crippen molar-refractivity contribution in [2.75, 3.05) is 10.8 Å². The third kappa shape index (κ3) is 7.89. The van der Waals surface area contributed by atoms with Gasteiger partial charge in [-0.25, -0.2) is 12.8 Å². The molecule has 0 aliphatic heterocycles. The van der Waals surface area contributed by atoms with Gasteiger partial charge in [0, 0.05) is 12.6 Å². The highest BCUT2D eigenvalue weighted by molar-refractivity contribution is 7.92. The molecule has 1 fully saturated rings. The van der Waals surface area contributed by atoms with Gasteiger partial charge in [-0.3, -0.25) is 13.9 Å². The van der Waals surface area contributed by atoms with E-state index in [-0.39, 0.29) is 28.9 Å². The minimum Gasteiger partial charge on any atom is -0.352 e. The van der Waals surface area contributed by atoms with Crippen molar-refractivity contribution in [1.29, 1.82) is 0 Å². The average molecular weight is 654 g/mol. The number of anilines is 1. The molecule has 1 aliphatic rings. The van der Waals surface area contributed by atoms with E-state index in [1.54, 1.807) is 13.0 Å². The summed E-state index contributed by atoms with van der Waals surface area (Å²) in [5, 5.41) is 2.63. The third-order valence-electron chi connectivity index (χ3n) is 7.51. The quantitative estimate of drug-likeness (QED) is 0.238. The van der Waals surface area contributed by atoms with E-state index in [1.165, 1.54) is 53.4 Å². The maximum Gasteiger partial charge on any atom is 0.416 e. The molecule has 1 atom stereocenters. The predicted molar refractivity (Wildman–Crippen MR) is 159 cm³/mol. The van der Waals surface area contributed by atoms with Crippen molar-refractivity contribution in [3.63, 3.8) is 0 Å². The number of nitrogens with zero attached hydrogens (tertiary/aromatic N) is 2. The van der Waals surface area contributed by atoms with E-state index in [4.69, 9.17) is 11.6 Å². The Morgan fingerprint density at radius 2 is 1.64 bits per heavy atom. The molecule has 1 saturated carbocycles. The monoisotopic (exact) mass is 653 g/mol. The second-order valence-electron chi connectivity index (χ2n) is 10.6. The van der Waals surface area contributed by atoms with Gasteiger partial charge >= 0.3 is 6.18 Å². The van der Waals surface area contributed by atoms with Crippen LogP contribution in [0.1, 0.15) is 50.2 Å². The van der Waals surface area contributed by atoms with Crippen molar-refractivity contribution in [3.8, 4) is 0 Å². The zero-order chi connectivity index (χ0) is 32.1. The van der Waals surface area contributed by atoms with Crippen molar-refractivity contribution in [2.24, 2.45) is 0 Å². The van der Waals surface area contributed by atoms with Gasteiger partial charge in [0.25, 0.3) is 10.0 Å². The molecule has 236 valence electrons. The maximum absolute atomic E-state index is 14.1. The Morgan fingerprint density at radius 1 is 1.00 bits per heavy atom. The molecule has 0 aromatic heterocycles. The highest BCUT2D eigenvalue weighted by atomic mass is 35.5. The summed E-state index contributed by atoms with van der Waals surface area (Å²) in [5.74, 6) is -1.82. The second kappa shape index (κ2) is 14.0. The van der Waals surface area contributed by atoms with Crippen LogP contribution in [0.4, 0.5) is 23.2 Å². The summed E-state index contributed by atoms with van der Waals surface area (Å²) in [6.07, 6.45) is -1.21. The highest BCUT2D eigenvalue weighted by Gasteiger charge is 2.37. The number of rotatable bonds is 11. The summed E-state index contributed by atoms with van der Waals surface area (Å²) >= 11 is 6.28. The van der Waals surface area contributed by atoms with Crippen LogP contribution in [0.25, 0.3) is 0 Å². The van der Waals surface area contributed by atoms with Crippen LogP contribution >= 0.6 is 11.6 Å². The first-order valence-corrected chi connectivity index (χ1v) is 15.9. The van der Waals surface area contributed by atoms with Crippen molar-refractivity contribution in [3.05, 3.63) is 94.8 Å². The van der Waals surface area contributed by atoms with Gasteiger partial charge in [-0.15, -0.1) is 0 Å². The largest absolute Gasteiger partial charge is 0.416 e. The van der Waals surface area contributed by atoms with Gasteiger partial charge in [0.1, 0.15) is 18.4 Å². The number of nitrogens with one attached hydrogen (secondary N) is 1. The zero-order valence-electron chi connectivity index (χ0n) is 23.9. The maximum atomic E-state index is 14.1. The molecule has 1 aliphatic carbocycles. The summed E-state index contributed by atoms with van der Waals surface area (Å²) in [6.45, 7) is 0.532. The molecule has 3 aromatic carbocycles. The smallest absolute Gasteiger partial charge is 0.352 e. The standard InChI is InChI=1S/C31H32ClF4N3O4S/c1-2-27(30(41)37-24-8-6-7-9-24)38(19-21-12-15-23(33)16-13-21)29(40)20-39(44(42,43)25-10-4-3-5-11-25)28-18-22(31(34,35)36)14-17-26(28)32/h3-5,10-18,24,27H,2,6-9,19-20H2,1H3,(H,37,41)/t27-/m0/s1. The van der Waals surface area contributed by atoms with Gasteiger partial charge in [0.05, 0.1) is 21.2 Å². The van der Waals surface area contributed by atoms with E-state index in [0.717, 1.165) is 31.7 Å². The van der Waals surface area contributed by atoms with E-state index in [0.29, 0.717) is 22.0 Å². The summed E-state index contributed by atoms with van der Waals surface area (Å²) < 4.78 is 83.1. The van der Waals surface area contributed by atoms with Crippen molar-refractivity contribution in [2.45, 2.75) is 68.7 Å². The Bertz CT molecular complexity index is 1560. The number of halogens is 5. The number of hydrogen-bond donors (Lipinski definition) is 1. The molecule has 0 spiro atoms. The number of carbonyl (C=O) groups is 2. The fourth-order valence-electron chi connectivity index (χ4n) is 5.19. The Kier molecular flexibility index (Phi) is 10.6. The first kappa shape index (κ1) is 33.3. The van der Waals surface area contributed by atoms with Crippen molar-refractivity contribution >= 4 is 39.1 Å². The van der Waals surface area contributed by atoms with Gasteiger partial charge < -0.3 is 10.2 Å². The van der Waals surface area contributed by atoms with Gasteiger partial charge in [-0.1, -0.05) is 61.7 Å². The van der Waals surface area contributed by atoms with Crippen molar-refractivity contribution < 1.29 is 35.6 Å². The average Bonchev–Trinajstić information content (AvgIpc) is 3.50. The molecule has 3 aromatic rings. The lowest BCUT2D eigenvalue weighted by Gasteiger charge is -2.34. The molecule has 0 radical (unpaired) electrons. The molecule has 13 heteroatoms. The van der Waals surface area contributed by atoms with E-state index < -0.39 is 57.7 Å². The Balaban J connectivity index is 1.78. The number of sulfonamides is 1. The summed E-state index contributed by atoms with van der Waals surface area (Å²) in [5.41, 5.74) is -1.26. The number of benzene rings is 3. The van der Waals surface area contributed by atoms with E-state index >= 15 is 0 Å². The van der Waals surface area contributed by atoms with Crippen LogP contribution in [-0.4, -0.2) is 43.8 Å². The van der Waals surface area contributed by atoms with Gasteiger partial charge in [0.2, 0.25) is 11.8 Å². The van der Waals surface area contributed by atoms with Crippen molar-refractivity contribution in [1.82, 2.24) is 10.2 Å². The fraction of sp³-hybridized carbons (Fsp3) is 0.355. The lowest BCUT2D eigenvalue weighted by atomic mass is 10.1. The zero-order valence-corrected chi connectivity index (χ0v) is 25.4. The molecular weight excluding hydrogens is 622 g/mol. The number of alkyl halides is 3. The van der Waals surface area contributed by atoms with Crippen LogP contribution in [0.3, 0.4) is 0 Å². The number of hydrogen-bond acceptors (Lipinski definition) is 4. The molecule has 4 rings (SSSR count). The van der Waals surface area contributed by atoms with Crippen LogP contribution in [0.15, 0.2) is 77.7 Å². The van der Waals surface area contributed by atoms with Crippen LogP contribution in [0, 0.1) is 5.82 Å². The third-order valence-corrected chi connectivity index (χ3v) is 9.60. The Labute approximate surface area is 258 Å². The van der Waals surface area contributed by atoms with E-state index in [1.807, 2.05) is 0 Å². The van der Waals surface area contributed by atoms with Gasteiger partial charge in [0.15, 0.2) is 0 Å². The van der Waals surface area contributed by atoms with Crippen LogP contribution in [0.5, 0.6) is 0 Å².